The van der Waals surface area contributed by atoms with Crippen molar-refractivity contribution in [1.82, 2.24) is 4.98 Å². The Labute approximate surface area is 135 Å². The van der Waals surface area contributed by atoms with E-state index in [4.69, 9.17) is 0 Å². The molecule has 1 N–H and O–H groups in total. The third-order valence-corrected chi connectivity index (χ3v) is 4.67. The Hall–Kier alpha value is -2.19. The molecule has 0 bridgehead atoms. The molecule has 3 rings (SSSR count). The van der Waals surface area contributed by atoms with Crippen LogP contribution in [0.4, 0.5) is 10.1 Å². The zero-order valence-corrected chi connectivity index (χ0v) is 13.4. The predicted octanol–water partition coefficient (Wildman–Crippen LogP) is 3.15. The van der Waals surface area contributed by atoms with Crippen LogP contribution in [0.2, 0.25) is 0 Å². The summed E-state index contributed by atoms with van der Waals surface area (Å²) in [6.07, 6.45) is 3.08. The van der Waals surface area contributed by atoms with Crippen LogP contribution < -0.4 is 4.90 Å². The van der Waals surface area contributed by atoms with Crippen LogP contribution in [0.1, 0.15) is 30.9 Å². The molecule has 0 amide bonds. The van der Waals surface area contributed by atoms with Crippen LogP contribution in [0.15, 0.2) is 18.3 Å². The van der Waals surface area contributed by atoms with Crippen molar-refractivity contribution in [3.8, 4) is 6.07 Å². The minimum Gasteiger partial charge on any atom is -0.393 e. The van der Waals surface area contributed by atoms with Crippen molar-refractivity contribution in [1.29, 1.82) is 5.26 Å². The molecule has 0 spiro atoms. The Balaban J connectivity index is 2.17. The summed E-state index contributed by atoms with van der Waals surface area (Å²) < 4.78 is 13.9. The molecular formula is C18H20FN3O. The summed E-state index contributed by atoms with van der Waals surface area (Å²) in [4.78, 5) is 6.44. The second-order valence-corrected chi connectivity index (χ2v) is 6.34. The molecular weight excluding hydrogens is 293 g/mol. The molecule has 1 aliphatic heterocycles. The molecule has 2 atom stereocenters. The van der Waals surface area contributed by atoms with Crippen LogP contribution in [0, 0.1) is 30.0 Å². The molecule has 1 saturated heterocycles. The van der Waals surface area contributed by atoms with E-state index < -0.39 is 6.10 Å². The molecule has 0 radical (unpaired) electrons. The molecule has 5 heteroatoms. The molecule has 1 aromatic heterocycles. The van der Waals surface area contributed by atoms with Crippen molar-refractivity contribution in [2.24, 2.45) is 5.92 Å². The van der Waals surface area contributed by atoms with Gasteiger partial charge in [0.25, 0.3) is 0 Å². The van der Waals surface area contributed by atoms with Crippen LogP contribution >= 0.6 is 0 Å². The van der Waals surface area contributed by atoms with Crippen LogP contribution in [0.25, 0.3) is 10.9 Å². The Morgan fingerprint density at radius 1 is 1.48 bits per heavy atom. The minimum atomic E-state index is -0.394. The summed E-state index contributed by atoms with van der Waals surface area (Å²) in [5.74, 6) is -0.162. The van der Waals surface area contributed by atoms with Crippen LogP contribution in [-0.2, 0) is 0 Å². The highest BCUT2D eigenvalue weighted by molar-refractivity contribution is 5.96. The van der Waals surface area contributed by atoms with Gasteiger partial charge in [-0.1, -0.05) is 0 Å². The molecule has 1 aromatic carbocycles. The lowest BCUT2D eigenvalue weighted by Crippen LogP contribution is -2.40. The van der Waals surface area contributed by atoms with Crippen molar-refractivity contribution in [2.45, 2.75) is 32.8 Å². The number of aliphatic hydroxyl groups is 1. The number of nitrogens with zero attached hydrogens (tertiary/aromatic N) is 3. The first kappa shape index (κ1) is 15.7. The summed E-state index contributed by atoms with van der Waals surface area (Å²) >= 11 is 0. The summed E-state index contributed by atoms with van der Waals surface area (Å²) in [5.41, 5.74) is 2.67. The first-order chi connectivity index (χ1) is 11.0. The maximum atomic E-state index is 13.9. The molecule has 1 fully saturated rings. The fourth-order valence-electron chi connectivity index (χ4n) is 3.45. The van der Waals surface area contributed by atoms with Crippen molar-refractivity contribution in [2.75, 3.05) is 18.0 Å². The van der Waals surface area contributed by atoms with Gasteiger partial charge in [0.1, 0.15) is 11.9 Å². The van der Waals surface area contributed by atoms with E-state index in [0.29, 0.717) is 17.5 Å². The van der Waals surface area contributed by atoms with Gasteiger partial charge < -0.3 is 10.0 Å². The number of hydrogen-bond donors (Lipinski definition) is 1. The zero-order chi connectivity index (χ0) is 16.6. The summed E-state index contributed by atoms with van der Waals surface area (Å²) in [6.45, 7) is 5.09. The lowest BCUT2D eigenvalue weighted by atomic mass is 9.92. The number of halogens is 1. The maximum Gasteiger partial charge on any atom is 0.124 e. The molecule has 0 aliphatic carbocycles. The SMILES string of the molecule is Cc1cc(F)cc2c(N3CCCC(C(C)O)C3)c(C#N)cnc12. The number of aliphatic hydroxyl groups excluding tert-OH is 1. The fourth-order valence-corrected chi connectivity index (χ4v) is 3.45. The molecule has 0 saturated carbocycles. The molecule has 4 nitrogen and oxygen atoms in total. The molecule has 1 aliphatic rings. The van der Waals surface area contributed by atoms with Crippen LogP contribution in [0.3, 0.4) is 0 Å². The lowest BCUT2D eigenvalue weighted by molar-refractivity contribution is 0.115. The van der Waals surface area contributed by atoms with Gasteiger partial charge >= 0.3 is 0 Å². The summed E-state index contributed by atoms with van der Waals surface area (Å²) in [6, 6.07) is 5.09. The van der Waals surface area contributed by atoms with Crippen molar-refractivity contribution < 1.29 is 9.50 Å². The van der Waals surface area contributed by atoms with Crippen LogP contribution in [0.5, 0.6) is 0 Å². The van der Waals surface area contributed by atoms with E-state index in [1.165, 1.54) is 12.1 Å². The van der Waals surface area contributed by atoms with Gasteiger partial charge in [0, 0.05) is 30.6 Å². The molecule has 2 unspecified atom stereocenters. The zero-order valence-electron chi connectivity index (χ0n) is 13.4. The van der Waals surface area contributed by atoms with Crippen molar-refractivity contribution >= 4 is 16.6 Å². The number of benzene rings is 1. The highest BCUT2D eigenvalue weighted by Crippen LogP contribution is 2.34. The number of piperidine rings is 1. The molecule has 2 aromatic rings. The Kier molecular flexibility index (Phi) is 4.18. The molecule has 23 heavy (non-hydrogen) atoms. The van der Waals surface area contributed by atoms with E-state index in [0.717, 1.165) is 36.2 Å². The number of nitriles is 1. The topological polar surface area (TPSA) is 60.1 Å². The smallest absolute Gasteiger partial charge is 0.124 e. The number of rotatable bonds is 2. The number of anilines is 1. The van der Waals surface area contributed by atoms with Gasteiger partial charge in [-0.2, -0.15) is 5.26 Å². The van der Waals surface area contributed by atoms with E-state index in [9.17, 15) is 14.8 Å². The molecule has 2 heterocycles. The number of fused-ring (bicyclic) bond motifs is 1. The van der Waals surface area contributed by atoms with Crippen LogP contribution in [-0.4, -0.2) is 29.3 Å². The Morgan fingerprint density at radius 3 is 2.96 bits per heavy atom. The second-order valence-electron chi connectivity index (χ2n) is 6.34. The summed E-state index contributed by atoms with van der Waals surface area (Å²) in [7, 11) is 0. The van der Waals surface area contributed by atoms with E-state index in [1.54, 1.807) is 13.1 Å². The number of hydrogen-bond acceptors (Lipinski definition) is 4. The fraction of sp³-hybridized carbons (Fsp3) is 0.444. The molecule has 120 valence electrons. The van der Waals surface area contributed by atoms with Gasteiger partial charge in [-0.25, -0.2) is 4.39 Å². The standard InChI is InChI=1S/C18H20FN3O/c1-11-6-15(19)7-16-17(11)21-9-14(8-20)18(16)22-5-3-4-13(10-22)12(2)23/h6-7,9,12-13,23H,3-5,10H2,1-2H3. The average molecular weight is 313 g/mol. The largest absolute Gasteiger partial charge is 0.393 e. The van der Waals surface area contributed by atoms with E-state index in [2.05, 4.69) is 16.0 Å². The highest BCUT2D eigenvalue weighted by atomic mass is 19.1. The maximum absolute atomic E-state index is 13.9. The highest BCUT2D eigenvalue weighted by Gasteiger charge is 2.26. The normalized spacial score (nSPS) is 19.6. The van der Waals surface area contributed by atoms with Crippen molar-refractivity contribution in [3.05, 3.63) is 35.3 Å². The quantitative estimate of drug-likeness (QED) is 0.925. The average Bonchev–Trinajstić information content (AvgIpc) is 2.53. The van der Waals surface area contributed by atoms with Crippen molar-refractivity contribution in [3.63, 3.8) is 0 Å². The Bertz CT molecular complexity index is 782. The monoisotopic (exact) mass is 313 g/mol. The summed E-state index contributed by atoms with van der Waals surface area (Å²) in [5, 5.41) is 20.0. The first-order valence-corrected chi connectivity index (χ1v) is 7.93. The number of aromatic nitrogens is 1. The number of pyridine rings is 1. The van der Waals surface area contributed by atoms with Gasteiger partial charge in [0.05, 0.1) is 22.9 Å². The van der Waals surface area contributed by atoms with Gasteiger partial charge in [-0.15, -0.1) is 0 Å². The predicted molar refractivity (Wildman–Crippen MR) is 87.8 cm³/mol. The Morgan fingerprint density at radius 2 is 2.26 bits per heavy atom. The third-order valence-electron chi connectivity index (χ3n) is 4.67. The van der Waals surface area contributed by atoms with Gasteiger partial charge in [0.15, 0.2) is 0 Å². The third kappa shape index (κ3) is 2.87. The first-order valence-electron chi connectivity index (χ1n) is 7.93. The lowest BCUT2D eigenvalue weighted by Gasteiger charge is -2.36. The van der Waals surface area contributed by atoms with E-state index in [1.807, 2.05) is 6.92 Å². The van der Waals surface area contributed by atoms with E-state index >= 15 is 0 Å². The number of aryl methyl sites for hydroxylation is 1. The van der Waals surface area contributed by atoms with Gasteiger partial charge in [0.2, 0.25) is 0 Å². The second kappa shape index (κ2) is 6.13. The minimum absolute atomic E-state index is 0.160. The van der Waals surface area contributed by atoms with Gasteiger partial charge in [-0.3, -0.25) is 4.98 Å². The van der Waals surface area contributed by atoms with E-state index in [-0.39, 0.29) is 11.7 Å². The van der Waals surface area contributed by atoms with Gasteiger partial charge in [-0.05, 0) is 44.4 Å².